The third-order valence-electron chi connectivity index (χ3n) is 6.09. The van der Waals surface area contributed by atoms with Crippen LogP contribution >= 0.6 is 0 Å². The number of fused-ring (bicyclic) bond motifs is 2. The van der Waals surface area contributed by atoms with Gasteiger partial charge in [-0.1, -0.05) is 57.2 Å². The second kappa shape index (κ2) is 5.62. The Morgan fingerprint density at radius 3 is 2.64 bits per heavy atom. The standard InChI is InChI=1S/C22H26N2O/c1-4-15-6-5-7-17(12-15)18-9-8-16-10-11-21(2,3)22(19(16)13-18)14-25-20(23)24-22/h5-9,12-13H,4,10-11,14H2,1-3H3,(H2,23,24). The minimum absolute atomic E-state index is 0.0189. The Morgan fingerprint density at radius 2 is 1.92 bits per heavy atom. The fourth-order valence-electron chi connectivity index (χ4n) is 4.26. The molecule has 4 rings (SSSR count). The number of nitrogens with zero attached hydrogens (tertiary/aromatic N) is 1. The van der Waals surface area contributed by atoms with E-state index in [4.69, 9.17) is 15.5 Å². The van der Waals surface area contributed by atoms with Crippen LogP contribution < -0.4 is 5.73 Å². The lowest BCUT2D eigenvalue weighted by Gasteiger charge is -2.45. The topological polar surface area (TPSA) is 47.6 Å². The molecular weight excluding hydrogens is 308 g/mol. The Hall–Kier alpha value is -2.29. The van der Waals surface area contributed by atoms with Crippen molar-refractivity contribution >= 4 is 6.02 Å². The Labute approximate surface area is 149 Å². The van der Waals surface area contributed by atoms with E-state index < -0.39 is 0 Å². The lowest BCUT2D eigenvalue weighted by molar-refractivity contribution is 0.0990. The molecule has 1 atom stereocenters. The lowest BCUT2D eigenvalue weighted by atomic mass is 9.61. The Kier molecular flexibility index (Phi) is 3.64. The van der Waals surface area contributed by atoms with E-state index in [-0.39, 0.29) is 11.0 Å². The van der Waals surface area contributed by atoms with Gasteiger partial charge in [-0.3, -0.25) is 0 Å². The lowest BCUT2D eigenvalue weighted by Crippen LogP contribution is -2.45. The van der Waals surface area contributed by atoms with E-state index in [1.165, 1.54) is 27.8 Å². The zero-order valence-electron chi connectivity index (χ0n) is 15.3. The highest BCUT2D eigenvalue weighted by molar-refractivity contribution is 5.75. The molecule has 3 heteroatoms. The maximum absolute atomic E-state index is 5.93. The second-order valence-electron chi connectivity index (χ2n) is 7.91. The number of rotatable bonds is 2. The largest absolute Gasteiger partial charge is 0.462 e. The zero-order valence-corrected chi connectivity index (χ0v) is 15.3. The predicted octanol–water partition coefficient (Wildman–Crippen LogP) is 4.43. The predicted molar refractivity (Wildman–Crippen MR) is 103 cm³/mol. The van der Waals surface area contributed by atoms with E-state index in [9.17, 15) is 0 Å². The molecule has 2 aliphatic rings. The van der Waals surface area contributed by atoms with Gasteiger partial charge in [0.1, 0.15) is 12.1 Å². The van der Waals surface area contributed by atoms with Crippen LogP contribution in [0.4, 0.5) is 0 Å². The van der Waals surface area contributed by atoms with Gasteiger partial charge in [0, 0.05) is 0 Å². The summed E-state index contributed by atoms with van der Waals surface area (Å²) in [6.45, 7) is 7.30. The summed E-state index contributed by atoms with van der Waals surface area (Å²) >= 11 is 0. The van der Waals surface area contributed by atoms with Gasteiger partial charge in [0.05, 0.1) is 0 Å². The summed E-state index contributed by atoms with van der Waals surface area (Å²) in [6, 6.07) is 15.9. The molecule has 0 saturated heterocycles. The van der Waals surface area contributed by atoms with Gasteiger partial charge < -0.3 is 10.5 Å². The van der Waals surface area contributed by atoms with Gasteiger partial charge in [0.25, 0.3) is 6.02 Å². The first-order chi connectivity index (χ1) is 11.9. The van der Waals surface area contributed by atoms with Gasteiger partial charge in [-0.15, -0.1) is 0 Å². The summed E-state index contributed by atoms with van der Waals surface area (Å²) in [4.78, 5) is 4.81. The zero-order chi connectivity index (χ0) is 17.7. The number of aliphatic imine (C=N–C) groups is 1. The van der Waals surface area contributed by atoms with E-state index in [1.54, 1.807) is 0 Å². The van der Waals surface area contributed by atoms with Crippen molar-refractivity contribution in [2.75, 3.05) is 6.61 Å². The molecule has 0 bridgehead atoms. The van der Waals surface area contributed by atoms with Gasteiger partial charge in [-0.2, -0.15) is 0 Å². The first-order valence-electron chi connectivity index (χ1n) is 9.16. The number of amidine groups is 1. The number of ether oxygens (including phenoxy) is 1. The van der Waals surface area contributed by atoms with E-state index in [0.29, 0.717) is 12.6 Å². The van der Waals surface area contributed by atoms with Crippen LogP contribution in [-0.4, -0.2) is 12.6 Å². The van der Waals surface area contributed by atoms with Crippen molar-refractivity contribution in [3.63, 3.8) is 0 Å². The van der Waals surface area contributed by atoms with Crippen molar-refractivity contribution < 1.29 is 4.74 Å². The van der Waals surface area contributed by atoms with Crippen LogP contribution in [0.1, 0.15) is 43.9 Å². The molecule has 25 heavy (non-hydrogen) atoms. The molecule has 0 amide bonds. The average Bonchev–Trinajstić information content (AvgIpc) is 3.02. The van der Waals surface area contributed by atoms with Crippen LogP contribution in [0.5, 0.6) is 0 Å². The fourth-order valence-corrected chi connectivity index (χ4v) is 4.26. The minimum Gasteiger partial charge on any atom is -0.462 e. The molecule has 2 aromatic carbocycles. The van der Waals surface area contributed by atoms with E-state index in [1.807, 2.05) is 0 Å². The van der Waals surface area contributed by atoms with E-state index >= 15 is 0 Å². The van der Waals surface area contributed by atoms with Crippen molar-refractivity contribution in [3.8, 4) is 11.1 Å². The van der Waals surface area contributed by atoms with Crippen LogP contribution in [0, 0.1) is 5.41 Å². The maximum Gasteiger partial charge on any atom is 0.283 e. The molecule has 1 heterocycles. The molecule has 130 valence electrons. The number of aryl methyl sites for hydroxylation is 2. The molecule has 1 aliphatic carbocycles. The molecule has 0 saturated carbocycles. The first-order valence-corrected chi connectivity index (χ1v) is 9.16. The van der Waals surface area contributed by atoms with Crippen molar-refractivity contribution in [2.45, 2.75) is 45.6 Å². The highest BCUT2D eigenvalue weighted by Gasteiger charge is 2.53. The number of nitrogens with two attached hydrogens (primary N) is 1. The van der Waals surface area contributed by atoms with Gasteiger partial charge in [0.2, 0.25) is 0 Å². The molecule has 1 spiro atoms. The van der Waals surface area contributed by atoms with Crippen molar-refractivity contribution in [2.24, 2.45) is 16.1 Å². The quantitative estimate of drug-likeness (QED) is 0.883. The Bertz CT molecular complexity index is 853. The molecule has 1 aliphatic heterocycles. The third-order valence-corrected chi connectivity index (χ3v) is 6.09. The van der Waals surface area contributed by atoms with Crippen LogP contribution in [0.25, 0.3) is 11.1 Å². The van der Waals surface area contributed by atoms with Gasteiger partial charge in [-0.05, 0) is 58.6 Å². The van der Waals surface area contributed by atoms with Gasteiger partial charge in [-0.25, -0.2) is 4.99 Å². The summed E-state index contributed by atoms with van der Waals surface area (Å²) in [5, 5.41) is 0. The second-order valence-corrected chi connectivity index (χ2v) is 7.91. The summed E-state index contributed by atoms with van der Waals surface area (Å²) in [6.07, 6.45) is 3.21. The summed E-state index contributed by atoms with van der Waals surface area (Å²) < 4.78 is 5.65. The van der Waals surface area contributed by atoms with Gasteiger partial charge in [0.15, 0.2) is 0 Å². The van der Waals surface area contributed by atoms with Crippen molar-refractivity contribution in [3.05, 3.63) is 59.2 Å². The van der Waals surface area contributed by atoms with Crippen molar-refractivity contribution in [1.29, 1.82) is 0 Å². The maximum atomic E-state index is 5.93. The highest BCUT2D eigenvalue weighted by atomic mass is 16.5. The normalized spacial score (nSPS) is 23.9. The fraction of sp³-hybridized carbons (Fsp3) is 0.409. The van der Waals surface area contributed by atoms with E-state index in [0.717, 1.165) is 19.3 Å². The molecule has 0 radical (unpaired) electrons. The molecule has 0 fully saturated rings. The molecular formula is C22H26N2O. The molecule has 1 unspecified atom stereocenters. The average molecular weight is 334 g/mol. The smallest absolute Gasteiger partial charge is 0.283 e. The number of hydrogen-bond acceptors (Lipinski definition) is 3. The third kappa shape index (κ3) is 2.45. The van der Waals surface area contributed by atoms with Crippen LogP contribution in [-0.2, 0) is 23.1 Å². The highest BCUT2D eigenvalue weighted by Crippen LogP contribution is 2.53. The molecule has 2 N–H and O–H groups in total. The Balaban J connectivity index is 1.88. The first kappa shape index (κ1) is 16.2. The van der Waals surface area contributed by atoms with Crippen LogP contribution in [0.2, 0.25) is 0 Å². The summed E-state index contributed by atoms with van der Waals surface area (Å²) in [5.74, 6) is 0. The number of hydrogen-bond donors (Lipinski definition) is 1. The SMILES string of the molecule is CCc1cccc(-c2ccc3c(c2)C2(COC(N)=N2)C(C)(C)CC3)c1. The van der Waals surface area contributed by atoms with Crippen molar-refractivity contribution in [1.82, 2.24) is 0 Å². The molecule has 0 aromatic heterocycles. The molecule has 3 nitrogen and oxygen atoms in total. The van der Waals surface area contributed by atoms with Crippen LogP contribution in [0.15, 0.2) is 47.5 Å². The monoisotopic (exact) mass is 334 g/mol. The van der Waals surface area contributed by atoms with Crippen LogP contribution in [0.3, 0.4) is 0 Å². The van der Waals surface area contributed by atoms with Gasteiger partial charge >= 0.3 is 0 Å². The molecule has 2 aromatic rings. The Morgan fingerprint density at radius 1 is 1.12 bits per heavy atom. The minimum atomic E-state index is -0.372. The summed E-state index contributed by atoms with van der Waals surface area (Å²) in [7, 11) is 0. The summed E-state index contributed by atoms with van der Waals surface area (Å²) in [5.41, 5.74) is 12.1. The van der Waals surface area contributed by atoms with E-state index in [2.05, 4.69) is 63.2 Å². The number of benzene rings is 2.